The van der Waals surface area contributed by atoms with Crippen LogP contribution in [0.15, 0.2) is 72.2 Å². The average Bonchev–Trinajstić information content (AvgIpc) is 3.12. The summed E-state index contributed by atoms with van der Waals surface area (Å²) in [7, 11) is 0. The summed E-state index contributed by atoms with van der Waals surface area (Å²) < 4.78 is 11.6. The molecule has 0 aromatic heterocycles. The first-order chi connectivity index (χ1) is 15.1. The highest BCUT2D eigenvalue weighted by Gasteiger charge is 2.49. The van der Waals surface area contributed by atoms with Crippen molar-refractivity contribution in [3.8, 4) is 5.75 Å². The zero-order valence-corrected chi connectivity index (χ0v) is 17.9. The van der Waals surface area contributed by atoms with E-state index in [-0.39, 0.29) is 12.5 Å². The van der Waals surface area contributed by atoms with E-state index in [1.807, 2.05) is 61.5 Å². The summed E-state index contributed by atoms with van der Waals surface area (Å²) in [5.74, 6) is 0.990. The van der Waals surface area contributed by atoms with E-state index in [9.17, 15) is 4.79 Å². The largest absolute Gasteiger partial charge is 0.494 e. The highest BCUT2D eigenvalue weighted by molar-refractivity contribution is 6.00. The van der Waals surface area contributed by atoms with Gasteiger partial charge in [-0.1, -0.05) is 36.4 Å². The third-order valence-electron chi connectivity index (χ3n) is 5.33. The van der Waals surface area contributed by atoms with Crippen molar-refractivity contribution in [2.24, 2.45) is 4.99 Å². The maximum Gasteiger partial charge on any atom is 0.252 e. The number of amides is 1. The van der Waals surface area contributed by atoms with Crippen LogP contribution in [-0.2, 0) is 16.0 Å². The molecule has 2 aromatic rings. The van der Waals surface area contributed by atoms with E-state index in [2.05, 4.69) is 11.9 Å². The molecule has 0 saturated carbocycles. The molecule has 0 spiro atoms. The van der Waals surface area contributed by atoms with Crippen LogP contribution in [0.4, 0.5) is 0 Å². The van der Waals surface area contributed by atoms with Gasteiger partial charge in [0.25, 0.3) is 5.91 Å². The Morgan fingerprint density at radius 3 is 2.68 bits per heavy atom. The molecule has 0 bridgehead atoms. The van der Waals surface area contributed by atoms with E-state index < -0.39 is 11.6 Å². The van der Waals surface area contributed by atoms with Gasteiger partial charge < -0.3 is 19.9 Å². The number of hydrogen-bond donors (Lipinski definition) is 2. The van der Waals surface area contributed by atoms with E-state index >= 15 is 0 Å². The molecule has 164 valence electrons. The minimum absolute atomic E-state index is 0.0966. The average molecular weight is 423 g/mol. The van der Waals surface area contributed by atoms with Gasteiger partial charge in [0.15, 0.2) is 5.54 Å². The summed E-state index contributed by atoms with van der Waals surface area (Å²) in [6.07, 6.45) is 3.01. The van der Waals surface area contributed by atoms with Gasteiger partial charge in [0, 0.05) is 31.6 Å². The Hall–Kier alpha value is -3.12. The molecule has 0 saturated heterocycles. The van der Waals surface area contributed by atoms with Gasteiger partial charge >= 0.3 is 0 Å². The van der Waals surface area contributed by atoms with E-state index in [1.54, 1.807) is 6.08 Å². The Morgan fingerprint density at radius 1 is 1.26 bits per heavy atom. The lowest BCUT2D eigenvalue weighted by molar-refractivity contribution is -0.128. The second-order valence-electron chi connectivity index (χ2n) is 7.54. The SMILES string of the molecule is C=CC[C@@]1(C(=O)NCCc2ccccc2)N=C(c2ccc(OCCCO)cc2)O[C@@H]1C. The number of hydrogen-bond acceptors (Lipinski definition) is 5. The number of aliphatic hydroxyl groups is 1. The standard InChI is InChI=1S/C25H30N2O4/c1-3-15-25(24(29)26-16-14-20-8-5-4-6-9-20)19(2)31-23(27-25)21-10-12-22(13-11-21)30-18-7-17-28/h3-6,8-13,19,28H,1,7,14-18H2,2H3,(H,26,29)/t19-,25-/m1/s1. The van der Waals surface area contributed by atoms with Crippen LogP contribution in [0.5, 0.6) is 5.75 Å². The van der Waals surface area contributed by atoms with Gasteiger partial charge in [0.05, 0.1) is 6.61 Å². The fourth-order valence-electron chi connectivity index (χ4n) is 3.52. The molecular weight excluding hydrogens is 392 g/mol. The number of nitrogens with one attached hydrogen (secondary N) is 1. The van der Waals surface area contributed by atoms with E-state index in [1.165, 1.54) is 5.56 Å². The Balaban J connectivity index is 1.70. The fourth-order valence-corrected chi connectivity index (χ4v) is 3.52. The maximum atomic E-state index is 13.1. The molecule has 1 aliphatic heterocycles. The predicted molar refractivity (Wildman–Crippen MR) is 121 cm³/mol. The smallest absolute Gasteiger partial charge is 0.252 e. The van der Waals surface area contributed by atoms with Gasteiger partial charge in [0.1, 0.15) is 11.9 Å². The number of rotatable bonds is 11. The molecule has 31 heavy (non-hydrogen) atoms. The predicted octanol–water partition coefficient (Wildman–Crippen LogP) is 3.29. The number of nitrogens with zero attached hydrogens (tertiary/aromatic N) is 1. The zero-order valence-electron chi connectivity index (χ0n) is 17.9. The molecule has 0 radical (unpaired) electrons. The van der Waals surface area contributed by atoms with Gasteiger partial charge in [-0.25, -0.2) is 4.99 Å². The van der Waals surface area contributed by atoms with Crippen molar-refractivity contribution in [1.29, 1.82) is 0 Å². The third-order valence-corrected chi connectivity index (χ3v) is 5.33. The Morgan fingerprint density at radius 2 is 2.00 bits per heavy atom. The summed E-state index contributed by atoms with van der Waals surface area (Å²) in [5.41, 5.74) is 0.913. The van der Waals surface area contributed by atoms with E-state index in [4.69, 9.17) is 19.6 Å². The van der Waals surface area contributed by atoms with Crippen LogP contribution in [0.1, 0.15) is 30.9 Å². The summed E-state index contributed by atoms with van der Waals surface area (Å²) in [4.78, 5) is 17.9. The Kier molecular flexibility index (Phi) is 7.84. The summed E-state index contributed by atoms with van der Waals surface area (Å²) in [6, 6.07) is 17.4. The second-order valence-corrected chi connectivity index (χ2v) is 7.54. The van der Waals surface area contributed by atoms with Crippen molar-refractivity contribution in [1.82, 2.24) is 5.32 Å². The molecule has 6 nitrogen and oxygen atoms in total. The molecular formula is C25H30N2O4. The minimum atomic E-state index is -1.04. The topological polar surface area (TPSA) is 80.2 Å². The van der Waals surface area contributed by atoms with Gasteiger partial charge in [-0.05, 0) is 43.2 Å². The second kappa shape index (κ2) is 10.8. The van der Waals surface area contributed by atoms with Crippen molar-refractivity contribution in [3.63, 3.8) is 0 Å². The molecule has 2 N–H and O–H groups in total. The fraction of sp³-hybridized carbons (Fsp3) is 0.360. The summed E-state index contributed by atoms with van der Waals surface area (Å²) in [6.45, 7) is 6.76. The van der Waals surface area contributed by atoms with Crippen LogP contribution >= 0.6 is 0 Å². The zero-order chi connectivity index (χ0) is 22.1. The third kappa shape index (κ3) is 5.52. The number of carbonyl (C=O) groups excluding carboxylic acids is 1. The molecule has 1 amide bonds. The van der Waals surface area contributed by atoms with Crippen molar-refractivity contribution in [2.45, 2.75) is 37.8 Å². The number of aliphatic hydroxyl groups excluding tert-OH is 1. The lowest BCUT2D eigenvalue weighted by Crippen LogP contribution is -2.51. The number of carbonyl (C=O) groups is 1. The van der Waals surface area contributed by atoms with Crippen LogP contribution in [0.3, 0.4) is 0 Å². The van der Waals surface area contributed by atoms with Crippen molar-refractivity contribution in [2.75, 3.05) is 19.8 Å². The van der Waals surface area contributed by atoms with E-state index in [0.717, 1.165) is 12.0 Å². The van der Waals surface area contributed by atoms with Crippen molar-refractivity contribution < 1.29 is 19.4 Å². The number of aliphatic imine (C=N–C) groups is 1. The minimum Gasteiger partial charge on any atom is -0.494 e. The number of ether oxygens (including phenoxy) is 2. The van der Waals surface area contributed by atoms with Crippen LogP contribution in [0, 0.1) is 0 Å². The molecule has 1 aliphatic rings. The Bertz CT molecular complexity index is 895. The van der Waals surface area contributed by atoms with Crippen molar-refractivity contribution >= 4 is 11.8 Å². The first kappa shape index (κ1) is 22.6. The first-order valence-corrected chi connectivity index (χ1v) is 10.6. The first-order valence-electron chi connectivity index (χ1n) is 10.6. The molecule has 0 aliphatic carbocycles. The molecule has 1 heterocycles. The summed E-state index contributed by atoms with van der Waals surface area (Å²) >= 11 is 0. The monoisotopic (exact) mass is 422 g/mol. The van der Waals surface area contributed by atoms with Gasteiger partial charge in [-0.15, -0.1) is 6.58 Å². The molecule has 0 fully saturated rings. The summed E-state index contributed by atoms with van der Waals surface area (Å²) in [5, 5.41) is 11.9. The molecule has 0 unspecified atom stereocenters. The lowest BCUT2D eigenvalue weighted by Gasteiger charge is -2.26. The quantitative estimate of drug-likeness (QED) is 0.430. The van der Waals surface area contributed by atoms with Gasteiger partial charge in [0.2, 0.25) is 5.90 Å². The lowest BCUT2D eigenvalue weighted by atomic mass is 9.89. The van der Waals surface area contributed by atoms with Crippen LogP contribution in [-0.4, -0.2) is 48.3 Å². The van der Waals surface area contributed by atoms with Crippen LogP contribution in [0.25, 0.3) is 0 Å². The Labute approximate surface area is 183 Å². The highest BCUT2D eigenvalue weighted by atomic mass is 16.5. The molecule has 2 atom stereocenters. The van der Waals surface area contributed by atoms with Crippen LogP contribution in [0.2, 0.25) is 0 Å². The molecule has 3 rings (SSSR count). The molecule has 6 heteroatoms. The van der Waals surface area contributed by atoms with E-state index in [0.29, 0.717) is 37.6 Å². The van der Waals surface area contributed by atoms with Crippen LogP contribution < -0.4 is 10.1 Å². The molecule has 2 aromatic carbocycles. The highest BCUT2D eigenvalue weighted by Crippen LogP contribution is 2.32. The van der Waals surface area contributed by atoms with Gasteiger partial charge in [-0.3, -0.25) is 4.79 Å². The maximum absolute atomic E-state index is 13.1. The normalized spacial score (nSPS) is 19.9. The van der Waals surface area contributed by atoms with Crippen molar-refractivity contribution in [3.05, 3.63) is 78.4 Å². The number of benzene rings is 2. The van der Waals surface area contributed by atoms with Gasteiger partial charge in [-0.2, -0.15) is 0 Å².